The fraction of sp³-hybridized carbons (Fsp3) is 0.462. The van der Waals surface area contributed by atoms with Crippen molar-refractivity contribution in [2.45, 2.75) is 56.9 Å². The van der Waals surface area contributed by atoms with Crippen molar-refractivity contribution < 1.29 is 27.9 Å². The van der Waals surface area contributed by atoms with Crippen molar-refractivity contribution in [2.24, 2.45) is 5.92 Å². The number of carboxylic acids is 1. The summed E-state index contributed by atoms with van der Waals surface area (Å²) in [5, 5.41) is 10.5. The molecule has 2 aromatic rings. The van der Waals surface area contributed by atoms with Gasteiger partial charge in [0.2, 0.25) is 0 Å². The molecule has 1 saturated heterocycles. The molecule has 1 heterocycles. The second kappa shape index (κ2) is 11.1. The highest BCUT2D eigenvalue weighted by Gasteiger charge is 2.48. The van der Waals surface area contributed by atoms with Gasteiger partial charge in [-0.2, -0.15) is 0 Å². The van der Waals surface area contributed by atoms with Gasteiger partial charge in [0.25, 0.3) is 5.91 Å². The number of rotatable bonds is 10. The highest BCUT2D eigenvalue weighted by molar-refractivity contribution is 7.91. The van der Waals surface area contributed by atoms with Crippen LogP contribution in [0.4, 0.5) is 0 Å². The third-order valence-electron chi connectivity index (χ3n) is 6.67. The number of hydrogen-bond acceptors (Lipinski definition) is 5. The lowest BCUT2D eigenvalue weighted by Crippen LogP contribution is -2.56. The lowest BCUT2D eigenvalue weighted by Gasteiger charge is -2.48. The van der Waals surface area contributed by atoms with Gasteiger partial charge in [0.1, 0.15) is 12.2 Å². The largest absolute Gasteiger partial charge is 0.481 e. The van der Waals surface area contributed by atoms with Gasteiger partial charge in [-0.05, 0) is 60.6 Å². The van der Waals surface area contributed by atoms with Crippen LogP contribution in [0.5, 0.6) is 0 Å². The SMILES string of the molecule is CCC(CS(=O)(=O)CC1CC1)N1C(=O)C(CC(=O)O)OC(c2cccc(Cl)c2)C1c1ccc(Cl)cc1. The van der Waals surface area contributed by atoms with Gasteiger partial charge in [-0.3, -0.25) is 9.59 Å². The molecular formula is C26H29Cl2NO6S. The number of carbonyl (C=O) groups is 2. The molecule has 7 nitrogen and oxygen atoms in total. The van der Waals surface area contributed by atoms with Gasteiger partial charge in [0, 0.05) is 16.1 Å². The standard InChI is InChI=1S/C26H29Cl2NO6S/c1-2-21(15-36(33,34)14-16-6-7-16)29-24(17-8-10-19(27)11-9-17)25(18-4-3-5-20(28)12-18)35-22(26(29)32)13-23(30)31/h3-5,8-12,16,21-22,24-25H,2,6-7,13-15H2,1H3,(H,30,31). The van der Waals surface area contributed by atoms with Crippen LogP contribution >= 0.6 is 23.2 Å². The van der Waals surface area contributed by atoms with Crippen molar-refractivity contribution in [1.82, 2.24) is 4.90 Å². The number of nitrogens with zero attached hydrogens (tertiary/aromatic N) is 1. The van der Waals surface area contributed by atoms with E-state index in [2.05, 4.69) is 0 Å². The van der Waals surface area contributed by atoms with Gasteiger partial charge in [-0.25, -0.2) is 8.42 Å². The van der Waals surface area contributed by atoms with E-state index in [9.17, 15) is 23.1 Å². The van der Waals surface area contributed by atoms with Crippen molar-refractivity contribution in [3.63, 3.8) is 0 Å². The Kier molecular flexibility index (Phi) is 8.29. The van der Waals surface area contributed by atoms with E-state index in [4.69, 9.17) is 27.9 Å². The molecule has 0 spiro atoms. The summed E-state index contributed by atoms with van der Waals surface area (Å²) in [7, 11) is -3.44. The maximum Gasteiger partial charge on any atom is 0.306 e. The fourth-order valence-electron chi connectivity index (χ4n) is 4.80. The molecule has 4 unspecified atom stereocenters. The Balaban J connectivity index is 1.82. The van der Waals surface area contributed by atoms with Crippen LogP contribution in [0.1, 0.15) is 55.9 Å². The first-order chi connectivity index (χ1) is 17.1. The van der Waals surface area contributed by atoms with E-state index >= 15 is 0 Å². The minimum atomic E-state index is -3.44. The molecule has 1 saturated carbocycles. The Labute approximate surface area is 221 Å². The summed E-state index contributed by atoms with van der Waals surface area (Å²) in [5.41, 5.74) is 1.36. The monoisotopic (exact) mass is 553 g/mol. The van der Waals surface area contributed by atoms with Crippen LogP contribution < -0.4 is 0 Å². The Morgan fingerprint density at radius 2 is 1.81 bits per heavy atom. The number of morpholine rings is 1. The van der Waals surface area contributed by atoms with E-state index in [0.29, 0.717) is 27.6 Å². The summed E-state index contributed by atoms with van der Waals surface area (Å²) in [6, 6.07) is 12.6. The molecule has 4 atom stereocenters. The molecule has 1 N–H and O–H groups in total. The lowest BCUT2D eigenvalue weighted by atomic mass is 9.89. The number of hydrogen-bond donors (Lipinski definition) is 1. The summed E-state index contributed by atoms with van der Waals surface area (Å²) in [6.45, 7) is 1.83. The van der Waals surface area contributed by atoms with Crippen LogP contribution in [-0.2, 0) is 24.2 Å². The Hall–Kier alpha value is -2.13. The molecule has 1 aliphatic carbocycles. The summed E-state index contributed by atoms with van der Waals surface area (Å²) < 4.78 is 32.3. The molecular weight excluding hydrogens is 525 g/mol. The Morgan fingerprint density at radius 3 is 2.39 bits per heavy atom. The average Bonchev–Trinajstić information content (AvgIpc) is 3.62. The Morgan fingerprint density at radius 1 is 1.11 bits per heavy atom. The summed E-state index contributed by atoms with van der Waals surface area (Å²) in [5.74, 6) is -1.64. The van der Waals surface area contributed by atoms with Crippen LogP contribution in [0.25, 0.3) is 0 Å². The van der Waals surface area contributed by atoms with E-state index in [1.165, 1.54) is 4.90 Å². The zero-order valence-corrected chi connectivity index (χ0v) is 22.2. The van der Waals surface area contributed by atoms with Gasteiger partial charge in [0.05, 0.1) is 24.0 Å². The van der Waals surface area contributed by atoms with Crippen molar-refractivity contribution in [2.75, 3.05) is 11.5 Å². The maximum atomic E-state index is 13.8. The van der Waals surface area contributed by atoms with Crippen molar-refractivity contribution in [3.05, 3.63) is 69.7 Å². The molecule has 0 radical (unpaired) electrons. The molecule has 1 amide bonds. The van der Waals surface area contributed by atoms with Crippen molar-refractivity contribution in [1.29, 1.82) is 0 Å². The molecule has 194 valence electrons. The number of aliphatic carboxylic acids is 1. The van der Waals surface area contributed by atoms with Crippen molar-refractivity contribution in [3.8, 4) is 0 Å². The van der Waals surface area contributed by atoms with E-state index in [-0.39, 0.29) is 17.4 Å². The number of amides is 1. The van der Waals surface area contributed by atoms with Crippen LogP contribution in [0.3, 0.4) is 0 Å². The minimum Gasteiger partial charge on any atom is -0.481 e. The van der Waals surface area contributed by atoms with Gasteiger partial charge >= 0.3 is 5.97 Å². The van der Waals surface area contributed by atoms with Gasteiger partial charge in [-0.1, -0.05) is 54.4 Å². The van der Waals surface area contributed by atoms with E-state index in [1.54, 1.807) is 48.5 Å². The molecule has 0 aromatic heterocycles. The van der Waals surface area contributed by atoms with Gasteiger partial charge < -0.3 is 14.7 Å². The minimum absolute atomic E-state index is 0.101. The number of carbonyl (C=O) groups excluding carboxylic acids is 1. The van der Waals surface area contributed by atoms with Crippen molar-refractivity contribution >= 4 is 44.9 Å². The predicted octanol–water partition coefficient (Wildman–Crippen LogP) is 5.08. The molecule has 0 bridgehead atoms. The number of halogens is 2. The van der Waals surface area contributed by atoms with Crippen LogP contribution in [0.2, 0.25) is 10.0 Å². The number of ether oxygens (including phenoxy) is 1. The molecule has 36 heavy (non-hydrogen) atoms. The topological polar surface area (TPSA) is 101 Å². The number of carboxylic acid groups (broad SMARTS) is 1. The zero-order valence-electron chi connectivity index (χ0n) is 19.8. The highest BCUT2D eigenvalue weighted by Crippen LogP contribution is 2.45. The summed E-state index contributed by atoms with van der Waals surface area (Å²) >= 11 is 12.4. The molecule has 4 rings (SSSR count). The average molecular weight is 554 g/mol. The smallest absolute Gasteiger partial charge is 0.306 e. The Bertz CT molecular complexity index is 1220. The molecule has 1 aliphatic heterocycles. The van der Waals surface area contributed by atoms with Crippen LogP contribution in [0, 0.1) is 5.92 Å². The van der Waals surface area contributed by atoms with E-state index in [0.717, 1.165) is 12.8 Å². The first-order valence-electron chi connectivity index (χ1n) is 12.0. The van der Waals surface area contributed by atoms with Crippen LogP contribution in [0.15, 0.2) is 48.5 Å². The highest BCUT2D eigenvalue weighted by atomic mass is 35.5. The normalized spacial score (nSPS) is 23.5. The number of benzene rings is 2. The van der Waals surface area contributed by atoms with E-state index in [1.807, 2.05) is 6.92 Å². The zero-order chi connectivity index (χ0) is 26.0. The number of sulfone groups is 1. The first kappa shape index (κ1) is 26.9. The molecule has 2 fully saturated rings. The van der Waals surface area contributed by atoms with E-state index < -0.39 is 52.4 Å². The summed E-state index contributed by atoms with van der Waals surface area (Å²) in [4.78, 5) is 26.9. The van der Waals surface area contributed by atoms with Crippen LogP contribution in [-0.4, -0.2) is 54.0 Å². The maximum absolute atomic E-state index is 13.8. The predicted molar refractivity (Wildman–Crippen MR) is 138 cm³/mol. The van der Waals surface area contributed by atoms with Gasteiger partial charge in [0.15, 0.2) is 9.84 Å². The van der Waals surface area contributed by atoms with Gasteiger partial charge in [-0.15, -0.1) is 0 Å². The lowest BCUT2D eigenvalue weighted by molar-refractivity contribution is -0.182. The second-order valence-electron chi connectivity index (χ2n) is 9.52. The fourth-order valence-corrected chi connectivity index (χ4v) is 7.29. The molecule has 10 heteroatoms. The quantitative estimate of drug-likeness (QED) is 0.440. The summed E-state index contributed by atoms with van der Waals surface area (Å²) in [6.07, 6.45) is -0.399. The first-order valence-corrected chi connectivity index (χ1v) is 14.6. The third kappa shape index (κ3) is 6.40. The molecule has 2 aromatic carbocycles. The third-order valence-corrected chi connectivity index (χ3v) is 9.03. The second-order valence-corrected chi connectivity index (χ2v) is 12.5. The molecule has 2 aliphatic rings.